The maximum absolute atomic E-state index is 12.8. The molecule has 0 bridgehead atoms. The molecular formula is C15H24N2O2S. The van der Waals surface area contributed by atoms with Gasteiger partial charge in [-0.3, -0.25) is 0 Å². The molecule has 2 rings (SSSR count). The molecule has 4 nitrogen and oxygen atoms in total. The maximum atomic E-state index is 12.8. The van der Waals surface area contributed by atoms with Crippen molar-refractivity contribution in [3.63, 3.8) is 0 Å². The summed E-state index contributed by atoms with van der Waals surface area (Å²) in [7, 11) is -3.40. The number of nitrogens with two attached hydrogens (primary N) is 1. The molecule has 0 radical (unpaired) electrons. The van der Waals surface area contributed by atoms with Crippen LogP contribution in [0.5, 0.6) is 0 Å². The first-order chi connectivity index (χ1) is 9.37. The van der Waals surface area contributed by atoms with E-state index in [1.165, 1.54) is 0 Å². The molecule has 1 aromatic carbocycles. The zero-order valence-corrected chi connectivity index (χ0v) is 13.3. The van der Waals surface area contributed by atoms with Crippen LogP contribution < -0.4 is 5.73 Å². The predicted octanol–water partition coefficient (Wildman–Crippen LogP) is 2.12. The van der Waals surface area contributed by atoms with Crippen LogP contribution in [0.4, 0.5) is 0 Å². The van der Waals surface area contributed by atoms with Gasteiger partial charge in [0.15, 0.2) is 0 Å². The Kier molecular flexibility index (Phi) is 4.52. The quantitative estimate of drug-likeness (QED) is 0.929. The SMILES string of the molecule is Cc1c(CN)cccc1S(=O)(=O)N1CCC(C)C(C)C1. The van der Waals surface area contributed by atoms with Crippen molar-refractivity contribution in [3.05, 3.63) is 29.3 Å². The van der Waals surface area contributed by atoms with Crippen LogP contribution in [0, 0.1) is 18.8 Å². The summed E-state index contributed by atoms with van der Waals surface area (Å²) in [5.41, 5.74) is 7.35. The lowest BCUT2D eigenvalue weighted by Crippen LogP contribution is -2.42. The third kappa shape index (κ3) is 2.75. The summed E-state index contributed by atoms with van der Waals surface area (Å²) >= 11 is 0. The van der Waals surface area contributed by atoms with Crippen LogP contribution in [-0.4, -0.2) is 25.8 Å². The minimum absolute atomic E-state index is 0.364. The van der Waals surface area contributed by atoms with Gasteiger partial charge in [-0.2, -0.15) is 4.31 Å². The van der Waals surface area contributed by atoms with E-state index in [2.05, 4.69) is 13.8 Å². The van der Waals surface area contributed by atoms with Crippen LogP contribution in [-0.2, 0) is 16.6 Å². The maximum Gasteiger partial charge on any atom is 0.243 e. The van der Waals surface area contributed by atoms with Crippen molar-refractivity contribution in [3.8, 4) is 0 Å². The summed E-state index contributed by atoms with van der Waals surface area (Å²) < 4.78 is 27.3. The molecule has 2 N–H and O–H groups in total. The summed E-state index contributed by atoms with van der Waals surface area (Å²) in [6.07, 6.45) is 0.927. The summed E-state index contributed by atoms with van der Waals surface area (Å²) in [6, 6.07) is 5.35. The van der Waals surface area contributed by atoms with E-state index in [0.29, 0.717) is 36.4 Å². The van der Waals surface area contributed by atoms with Gasteiger partial charge in [-0.05, 0) is 42.4 Å². The Bertz CT molecular complexity index is 584. The Balaban J connectivity index is 2.36. The molecular weight excluding hydrogens is 272 g/mol. The largest absolute Gasteiger partial charge is 0.326 e. The van der Waals surface area contributed by atoms with Gasteiger partial charge in [0.25, 0.3) is 0 Å². The van der Waals surface area contributed by atoms with Crippen molar-refractivity contribution in [1.29, 1.82) is 0 Å². The Morgan fingerprint density at radius 2 is 2.00 bits per heavy atom. The number of rotatable bonds is 3. The van der Waals surface area contributed by atoms with Crippen LogP contribution in [0.25, 0.3) is 0 Å². The highest BCUT2D eigenvalue weighted by Crippen LogP contribution is 2.29. The average molecular weight is 296 g/mol. The molecule has 1 heterocycles. The van der Waals surface area contributed by atoms with E-state index < -0.39 is 10.0 Å². The average Bonchev–Trinajstić information content (AvgIpc) is 2.41. The summed E-state index contributed by atoms with van der Waals surface area (Å²) in [4.78, 5) is 0.405. The van der Waals surface area contributed by atoms with Gasteiger partial charge in [-0.1, -0.05) is 26.0 Å². The Morgan fingerprint density at radius 1 is 1.30 bits per heavy atom. The Morgan fingerprint density at radius 3 is 2.60 bits per heavy atom. The highest BCUT2D eigenvalue weighted by atomic mass is 32.2. The smallest absolute Gasteiger partial charge is 0.243 e. The van der Waals surface area contributed by atoms with Crippen molar-refractivity contribution in [2.75, 3.05) is 13.1 Å². The van der Waals surface area contributed by atoms with Crippen molar-refractivity contribution in [1.82, 2.24) is 4.31 Å². The predicted molar refractivity (Wildman–Crippen MR) is 80.8 cm³/mol. The van der Waals surface area contributed by atoms with E-state index in [9.17, 15) is 8.42 Å². The number of hydrogen-bond acceptors (Lipinski definition) is 3. The van der Waals surface area contributed by atoms with Gasteiger partial charge in [0, 0.05) is 19.6 Å². The number of sulfonamides is 1. The van der Waals surface area contributed by atoms with E-state index in [4.69, 9.17) is 5.73 Å². The second-order valence-corrected chi connectivity index (χ2v) is 7.76. The molecule has 20 heavy (non-hydrogen) atoms. The summed E-state index contributed by atoms with van der Waals surface area (Å²) in [6.45, 7) is 7.73. The first-order valence-electron chi connectivity index (χ1n) is 7.16. The lowest BCUT2D eigenvalue weighted by Gasteiger charge is -2.34. The molecule has 0 aromatic heterocycles. The molecule has 2 unspecified atom stereocenters. The summed E-state index contributed by atoms with van der Waals surface area (Å²) in [5.74, 6) is 0.981. The highest BCUT2D eigenvalue weighted by molar-refractivity contribution is 7.89. The van der Waals surface area contributed by atoms with Crippen molar-refractivity contribution in [2.24, 2.45) is 17.6 Å². The number of piperidine rings is 1. The van der Waals surface area contributed by atoms with Gasteiger partial charge in [-0.15, -0.1) is 0 Å². The number of nitrogens with zero attached hydrogens (tertiary/aromatic N) is 1. The number of benzene rings is 1. The zero-order valence-electron chi connectivity index (χ0n) is 12.5. The Hall–Kier alpha value is -0.910. The fraction of sp³-hybridized carbons (Fsp3) is 0.600. The zero-order chi connectivity index (χ0) is 14.9. The minimum Gasteiger partial charge on any atom is -0.326 e. The topological polar surface area (TPSA) is 63.4 Å². The highest BCUT2D eigenvalue weighted by Gasteiger charge is 2.32. The molecule has 0 spiro atoms. The van der Waals surface area contributed by atoms with Gasteiger partial charge >= 0.3 is 0 Å². The van der Waals surface area contributed by atoms with Gasteiger partial charge in [0.2, 0.25) is 10.0 Å². The van der Waals surface area contributed by atoms with Crippen molar-refractivity contribution in [2.45, 2.75) is 38.6 Å². The fourth-order valence-electron chi connectivity index (χ4n) is 2.74. The summed E-state index contributed by atoms with van der Waals surface area (Å²) in [5, 5.41) is 0. The first-order valence-corrected chi connectivity index (χ1v) is 8.60. The van der Waals surface area contributed by atoms with Crippen LogP contribution in [0.15, 0.2) is 23.1 Å². The first kappa shape index (κ1) is 15.5. The van der Waals surface area contributed by atoms with Gasteiger partial charge < -0.3 is 5.73 Å². The second-order valence-electron chi connectivity index (χ2n) is 5.85. The van der Waals surface area contributed by atoms with Crippen LogP contribution >= 0.6 is 0 Å². The number of hydrogen-bond donors (Lipinski definition) is 1. The standard InChI is InChI=1S/C15H24N2O2S/c1-11-7-8-17(10-12(11)2)20(18,19)15-6-4-5-14(9-16)13(15)3/h4-6,11-12H,7-10,16H2,1-3H3. The fourth-order valence-corrected chi connectivity index (χ4v) is 4.57. The third-order valence-corrected chi connectivity index (χ3v) is 6.54. The minimum atomic E-state index is -3.40. The molecule has 1 aromatic rings. The van der Waals surface area contributed by atoms with Gasteiger partial charge in [0.1, 0.15) is 0 Å². The van der Waals surface area contributed by atoms with Gasteiger partial charge in [0.05, 0.1) is 4.90 Å². The molecule has 0 saturated carbocycles. The van der Waals surface area contributed by atoms with Crippen LogP contribution in [0.3, 0.4) is 0 Å². The van der Waals surface area contributed by atoms with E-state index in [1.54, 1.807) is 16.4 Å². The van der Waals surface area contributed by atoms with Gasteiger partial charge in [-0.25, -0.2) is 8.42 Å². The molecule has 0 amide bonds. The van der Waals surface area contributed by atoms with Crippen LogP contribution in [0.2, 0.25) is 0 Å². The molecule has 2 atom stereocenters. The molecule has 1 aliphatic heterocycles. The van der Waals surface area contributed by atoms with E-state index in [-0.39, 0.29) is 0 Å². The lowest BCUT2D eigenvalue weighted by molar-refractivity contribution is 0.212. The van der Waals surface area contributed by atoms with Crippen LogP contribution in [0.1, 0.15) is 31.4 Å². The second kappa shape index (κ2) is 5.84. The molecule has 0 aliphatic carbocycles. The van der Waals surface area contributed by atoms with Crippen molar-refractivity contribution >= 4 is 10.0 Å². The van der Waals surface area contributed by atoms with E-state index >= 15 is 0 Å². The van der Waals surface area contributed by atoms with Crippen molar-refractivity contribution < 1.29 is 8.42 Å². The molecule has 5 heteroatoms. The Labute approximate surface area is 122 Å². The third-order valence-electron chi connectivity index (χ3n) is 4.53. The molecule has 1 saturated heterocycles. The van der Waals surface area contributed by atoms with E-state index in [1.807, 2.05) is 13.0 Å². The molecule has 112 valence electrons. The normalized spacial score (nSPS) is 24.8. The monoisotopic (exact) mass is 296 g/mol. The molecule has 1 aliphatic rings. The lowest BCUT2D eigenvalue weighted by atomic mass is 9.90. The van der Waals surface area contributed by atoms with E-state index in [0.717, 1.165) is 17.5 Å². The molecule has 1 fully saturated rings.